The summed E-state index contributed by atoms with van der Waals surface area (Å²) in [5.74, 6) is -0.383. The SMILES string of the molecule is O=C(NCC(c1cccnc1)N1CCc2ccccc2C1)c1ccc(Cl)c([N+](=O)[O-])c1. The number of pyridine rings is 1. The van der Waals surface area contributed by atoms with Gasteiger partial charge in [0.15, 0.2) is 0 Å². The number of amides is 1. The molecule has 8 heteroatoms. The minimum absolute atomic E-state index is 0.00164. The first-order valence-electron chi connectivity index (χ1n) is 9.96. The second kappa shape index (κ2) is 9.24. The third-order valence-corrected chi connectivity index (χ3v) is 5.85. The molecule has 1 aliphatic heterocycles. The van der Waals surface area contributed by atoms with Crippen molar-refractivity contribution in [2.24, 2.45) is 0 Å². The van der Waals surface area contributed by atoms with Crippen LogP contribution in [0.2, 0.25) is 5.02 Å². The number of nitro benzene ring substituents is 1. The second-order valence-corrected chi connectivity index (χ2v) is 7.83. The smallest absolute Gasteiger partial charge is 0.288 e. The lowest BCUT2D eigenvalue weighted by molar-refractivity contribution is -0.384. The fraction of sp³-hybridized carbons (Fsp3) is 0.217. The van der Waals surface area contributed by atoms with E-state index in [1.807, 2.05) is 24.4 Å². The zero-order valence-electron chi connectivity index (χ0n) is 16.7. The van der Waals surface area contributed by atoms with Gasteiger partial charge in [-0.05, 0) is 41.3 Å². The summed E-state index contributed by atoms with van der Waals surface area (Å²) >= 11 is 5.86. The molecule has 1 N–H and O–H groups in total. The van der Waals surface area contributed by atoms with Crippen LogP contribution in [0, 0.1) is 10.1 Å². The Kier molecular flexibility index (Phi) is 6.25. The lowest BCUT2D eigenvalue weighted by Crippen LogP contribution is -2.40. The summed E-state index contributed by atoms with van der Waals surface area (Å²) in [4.78, 5) is 29.8. The van der Waals surface area contributed by atoms with E-state index in [4.69, 9.17) is 11.6 Å². The number of nitro groups is 1. The highest BCUT2D eigenvalue weighted by Gasteiger charge is 2.26. The van der Waals surface area contributed by atoms with Crippen LogP contribution in [0.25, 0.3) is 0 Å². The second-order valence-electron chi connectivity index (χ2n) is 7.42. The monoisotopic (exact) mass is 436 g/mol. The van der Waals surface area contributed by atoms with Gasteiger partial charge in [-0.25, -0.2) is 0 Å². The lowest BCUT2D eigenvalue weighted by Gasteiger charge is -2.36. The van der Waals surface area contributed by atoms with Gasteiger partial charge in [-0.1, -0.05) is 41.9 Å². The molecule has 1 atom stereocenters. The molecule has 1 amide bonds. The summed E-state index contributed by atoms with van der Waals surface area (Å²) in [6.07, 6.45) is 4.46. The van der Waals surface area contributed by atoms with Gasteiger partial charge in [-0.15, -0.1) is 0 Å². The predicted octanol–water partition coefficient (Wildman–Crippen LogP) is 4.17. The quantitative estimate of drug-likeness (QED) is 0.462. The van der Waals surface area contributed by atoms with E-state index in [1.165, 1.54) is 29.3 Å². The molecule has 0 bridgehead atoms. The largest absolute Gasteiger partial charge is 0.350 e. The number of hydrogen-bond acceptors (Lipinski definition) is 5. The van der Waals surface area contributed by atoms with E-state index in [0.717, 1.165) is 25.1 Å². The summed E-state index contributed by atoms with van der Waals surface area (Å²) in [5, 5.41) is 14.1. The van der Waals surface area contributed by atoms with Crippen molar-refractivity contribution in [1.29, 1.82) is 0 Å². The van der Waals surface area contributed by atoms with Gasteiger partial charge < -0.3 is 5.32 Å². The molecule has 1 aliphatic rings. The molecule has 2 heterocycles. The number of carbonyl (C=O) groups is 1. The summed E-state index contributed by atoms with van der Waals surface area (Å²) in [6.45, 7) is 1.99. The Morgan fingerprint density at radius 2 is 2.00 bits per heavy atom. The van der Waals surface area contributed by atoms with Crippen LogP contribution in [0.3, 0.4) is 0 Å². The first-order chi connectivity index (χ1) is 15.0. The molecule has 0 saturated carbocycles. The van der Waals surface area contributed by atoms with Crippen LogP contribution in [-0.4, -0.2) is 33.8 Å². The number of rotatable bonds is 6. The first kappa shape index (κ1) is 21.0. The number of nitrogens with one attached hydrogen (secondary N) is 1. The van der Waals surface area contributed by atoms with Crippen LogP contribution in [0.15, 0.2) is 67.0 Å². The summed E-state index contributed by atoms with van der Waals surface area (Å²) in [7, 11) is 0. The highest BCUT2D eigenvalue weighted by atomic mass is 35.5. The van der Waals surface area contributed by atoms with Crippen molar-refractivity contribution in [3.8, 4) is 0 Å². The predicted molar refractivity (Wildman–Crippen MR) is 118 cm³/mol. The maximum atomic E-state index is 12.7. The van der Waals surface area contributed by atoms with Crippen molar-refractivity contribution >= 4 is 23.2 Å². The fourth-order valence-corrected chi connectivity index (χ4v) is 4.09. The van der Waals surface area contributed by atoms with E-state index in [0.29, 0.717) is 6.54 Å². The van der Waals surface area contributed by atoms with Crippen molar-refractivity contribution in [1.82, 2.24) is 15.2 Å². The van der Waals surface area contributed by atoms with E-state index >= 15 is 0 Å². The maximum absolute atomic E-state index is 12.7. The molecule has 0 fully saturated rings. The van der Waals surface area contributed by atoms with Gasteiger partial charge in [0, 0.05) is 43.7 Å². The molecule has 0 spiro atoms. The van der Waals surface area contributed by atoms with Crippen LogP contribution in [0.5, 0.6) is 0 Å². The van der Waals surface area contributed by atoms with Gasteiger partial charge in [0.1, 0.15) is 5.02 Å². The van der Waals surface area contributed by atoms with Crippen LogP contribution >= 0.6 is 11.6 Å². The van der Waals surface area contributed by atoms with Crippen molar-refractivity contribution in [3.05, 3.63) is 104 Å². The van der Waals surface area contributed by atoms with Crippen molar-refractivity contribution in [3.63, 3.8) is 0 Å². The van der Waals surface area contributed by atoms with E-state index < -0.39 is 4.92 Å². The van der Waals surface area contributed by atoms with Gasteiger partial charge in [-0.2, -0.15) is 0 Å². The van der Waals surface area contributed by atoms with Crippen molar-refractivity contribution < 1.29 is 9.72 Å². The normalized spacial score (nSPS) is 14.5. The Hall–Kier alpha value is -3.29. The van der Waals surface area contributed by atoms with E-state index in [2.05, 4.69) is 33.4 Å². The van der Waals surface area contributed by atoms with E-state index in [-0.39, 0.29) is 28.2 Å². The molecule has 1 aromatic heterocycles. The molecule has 158 valence electrons. The van der Waals surface area contributed by atoms with Crippen LogP contribution in [0.1, 0.15) is 33.1 Å². The molecule has 31 heavy (non-hydrogen) atoms. The van der Waals surface area contributed by atoms with Gasteiger partial charge in [0.25, 0.3) is 11.6 Å². The Labute approximate surface area is 184 Å². The Balaban J connectivity index is 1.53. The number of aromatic nitrogens is 1. The third-order valence-electron chi connectivity index (χ3n) is 5.53. The standard InChI is InChI=1S/C23H21ClN4O3/c24-20-8-7-17(12-21(20)28(30)31)23(29)26-14-22(18-6-3-10-25-13-18)27-11-9-16-4-1-2-5-19(16)15-27/h1-8,10,12-13,22H,9,11,14-15H2,(H,26,29). The molecule has 0 saturated heterocycles. The number of nitrogens with zero attached hydrogens (tertiary/aromatic N) is 3. The van der Waals surface area contributed by atoms with Gasteiger partial charge in [0.2, 0.25) is 0 Å². The highest BCUT2D eigenvalue weighted by molar-refractivity contribution is 6.32. The maximum Gasteiger partial charge on any atom is 0.288 e. The zero-order valence-corrected chi connectivity index (χ0v) is 17.5. The Bertz CT molecular complexity index is 1110. The van der Waals surface area contributed by atoms with Gasteiger partial charge in [-0.3, -0.25) is 24.8 Å². The lowest BCUT2D eigenvalue weighted by atomic mass is 9.97. The number of carbonyl (C=O) groups excluding carboxylic acids is 1. The molecule has 0 aliphatic carbocycles. The molecule has 7 nitrogen and oxygen atoms in total. The van der Waals surface area contributed by atoms with E-state index in [9.17, 15) is 14.9 Å². The van der Waals surface area contributed by atoms with E-state index in [1.54, 1.807) is 6.20 Å². The molecular weight excluding hydrogens is 416 g/mol. The molecule has 2 aromatic carbocycles. The number of halogens is 1. The Morgan fingerprint density at radius 1 is 1.19 bits per heavy atom. The molecule has 0 radical (unpaired) electrons. The summed E-state index contributed by atoms with van der Waals surface area (Å²) in [6, 6.07) is 16.2. The topological polar surface area (TPSA) is 88.4 Å². The highest BCUT2D eigenvalue weighted by Crippen LogP contribution is 2.28. The third kappa shape index (κ3) is 4.73. The molecule has 1 unspecified atom stereocenters. The van der Waals surface area contributed by atoms with Crippen molar-refractivity contribution in [2.75, 3.05) is 13.1 Å². The number of fused-ring (bicyclic) bond motifs is 1. The van der Waals surface area contributed by atoms with Gasteiger partial charge >= 0.3 is 0 Å². The Morgan fingerprint density at radius 3 is 2.74 bits per heavy atom. The number of hydrogen-bond donors (Lipinski definition) is 1. The molecule has 3 aromatic rings. The molecular formula is C23H21ClN4O3. The van der Waals surface area contributed by atoms with Crippen LogP contribution in [0.4, 0.5) is 5.69 Å². The number of benzene rings is 2. The first-order valence-corrected chi connectivity index (χ1v) is 10.3. The summed E-state index contributed by atoms with van der Waals surface area (Å²) < 4.78 is 0. The summed E-state index contributed by atoms with van der Waals surface area (Å²) in [5.41, 5.74) is 3.54. The van der Waals surface area contributed by atoms with Crippen LogP contribution in [-0.2, 0) is 13.0 Å². The minimum Gasteiger partial charge on any atom is -0.350 e. The van der Waals surface area contributed by atoms with Crippen LogP contribution < -0.4 is 5.32 Å². The fourth-order valence-electron chi connectivity index (χ4n) is 3.90. The zero-order chi connectivity index (χ0) is 21.8. The average molecular weight is 437 g/mol. The van der Waals surface area contributed by atoms with Crippen molar-refractivity contribution in [2.45, 2.75) is 19.0 Å². The molecule has 4 rings (SSSR count). The minimum atomic E-state index is -0.595. The average Bonchev–Trinajstić information content (AvgIpc) is 2.80. The van der Waals surface area contributed by atoms with Gasteiger partial charge in [0.05, 0.1) is 11.0 Å².